The highest BCUT2D eigenvalue weighted by atomic mass is 35.5. The van der Waals surface area contributed by atoms with Crippen molar-refractivity contribution in [2.45, 2.75) is 31.7 Å². The topological polar surface area (TPSA) is 15.7 Å². The number of hydrogen-bond donors (Lipinski definition) is 0. The summed E-state index contributed by atoms with van der Waals surface area (Å²) in [7, 11) is 0. The average molecular weight is 261 g/mol. The molecule has 0 spiro atoms. The van der Waals surface area contributed by atoms with Crippen LogP contribution < -0.4 is 0 Å². The van der Waals surface area contributed by atoms with Gasteiger partial charge in [0, 0.05) is 25.0 Å². The maximum atomic E-state index is 5.58. The molecule has 4 heteroatoms. The van der Waals surface area contributed by atoms with E-state index in [0.29, 0.717) is 12.5 Å². The van der Waals surface area contributed by atoms with E-state index in [1.54, 1.807) is 0 Å². The summed E-state index contributed by atoms with van der Waals surface area (Å²) < 4.78 is 5.44. The molecule has 3 nitrogen and oxygen atoms in total. The molecule has 0 saturated carbocycles. The molecule has 1 unspecified atom stereocenters. The molecule has 0 aromatic heterocycles. The number of rotatable bonds is 6. The molecule has 0 radical (unpaired) electrons. The van der Waals surface area contributed by atoms with Crippen molar-refractivity contribution in [3.8, 4) is 0 Å². The van der Waals surface area contributed by atoms with Crippen LogP contribution in [0, 0.1) is 0 Å². The zero-order valence-corrected chi connectivity index (χ0v) is 11.5. The number of nitrogens with zero attached hydrogens (tertiary/aromatic N) is 2. The van der Waals surface area contributed by atoms with E-state index in [1.165, 1.54) is 51.9 Å². The predicted molar refractivity (Wildman–Crippen MR) is 71.8 cm³/mol. The molecule has 2 aliphatic rings. The van der Waals surface area contributed by atoms with Gasteiger partial charge < -0.3 is 4.74 Å². The highest BCUT2D eigenvalue weighted by Crippen LogP contribution is 2.19. The summed E-state index contributed by atoms with van der Waals surface area (Å²) in [6.45, 7) is 7.71. The number of likely N-dealkylation sites (tertiary alicyclic amines) is 2. The minimum atomic E-state index is 0.608. The lowest BCUT2D eigenvalue weighted by Gasteiger charge is -2.32. The van der Waals surface area contributed by atoms with E-state index in [1.807, 2.05) is 0 Å². The minimum Gasteiger partial charge on any atom is -0.379 e. The summed E-state index contributed by atoms with van der Waals surface area (Å²) in [6.07, 6.45) is 5.57. The van der Waals surface area contributed by atoms with E-state index in [4.69, 9.17) is 16.3 Å². The fourth-order valence-electron chi connectivity index (χ4n) is 2.95. The Morgan fingerprint density at radius 3 is 2.65 bits per heavy atom. The first-order valence-corrected chi connectivity index (χ1v) is 7.53. The van der Waals surface area contributed by atoms with Crippen molar-refractivity contribution in [3.05, 3.63) is 0 Å². The second-order valence-corrected chi connectivity index (χ2v) is 5.52. The second kappa shape index (κ2) is 7.57. The Hall–Kier alpha value is 0.170. The van der Waals surface area contributed by atoms with E-state index in [9.17, 15) is 0 Å². The summed E-state index contributed by atoms with van der Waals surface area (Å²) in [6, 6.07) is 0.809. The minimum absolute atomic E-state index is 0.608. The molecule has 0 aliphatic carbocycles. The van der Waals surface area contributed by atoms with Gasteiger partial charge in [0.05, 0.1) is 13.2 Å². The standard InChI is InChI=1S/C13H25ClN2O/c14-5-10-17-11-9-15-8-4-13(12-15)16-6-2-1-3-7-16/h13H,1-12H2. The van der Waals surface area contributed by atoms with Gasteiger partial charge in [-0.25, -0.2) is 0 Å². The Bertz CT molecular complexity index is 210. The van der Waals surface area contributed by atoms with E-state index >= 15 is 0 Å². The van der Waals surface area contributed by atoms with Gasteiger partial charge in [0.15, 0.2) is 0 Å². The third kappa shape index (κ3) is 4.40. The maximum absolute atomic E-state index is 5.58. The summed E-state index contributed by atoms with van der Waals surface area (Å²) in [4.78, 5) is 5.23. The van der Waals surface area contributed by atoms with Crippen LogP contribution in [0.2, 0.25) is 0 Å². The summed E-state index contributed by atoms with van der Waals surface area (Å²) in [5, 5.41) is 0. The highest BCUT2D eigenvalue weighted by Gasteiger charge is 2.27. The summed E-state index contributed by atoms with van der Waals surface area (Å²) in [5.41, 5.74) is 0. The van der Waals surface area contributed by atoms with E-state index in [0.717, 1.165) is 19.2 Å². The monoisotopic (exact) mass is 260 g/mol. The highest BCUT2D eigenvalue weighted by molar-refractivity contribution is 6.17. The van der Waals surface area contributed by atoms with Crippen molar-refractivity contribution >= 4 is 11.6 Å². The maximum Gasteiger partial charge on any atom is 0.0602 e. The molecule has 0 N–H and O–H groups in total. The fourth-order valence-corrected chi connectivity index (χ4v) is 3.06. The van der Waals surface area contributed by atoms with E-state index < -0.39 is 0 Å². The molecule has 2 heterocycles. The quantitative estimate of drug-likeness (QED) is 0.535. The third-order valence-electron chi connectivity index (χ3n) is 3.93. The van der Waals surface area contributed by atoms with Gasteiger partial charge in [0.2, 0.25) is 0 Å². The number of alkyl halides is 1. The fraction of sp³-hybridized carbons (Fsp3) is 1.00. The summed E-state index contributed by atoms with van der Waals surface area (Å²) >= 11 is 5.58. The van der Waals surface area contributed by atoms with Crippen molar-refractivity contribution in [3.63, 3.8) is 0 Å². The van der Waals surface area contributed by atoms with Gasteiger partial charge >= 0.3 is 0 Å². The molecule has 2 rings (SSSR count). The van der Waals surface area contributed by atoms with Gasteiger partial charge in [-0.3, -0.25) is 9.80 Å². The first-order chi connectivity index (χ1) is 8.40. The lowest BCUT2D eigenvalue weighted by atomic mass is 10.1. The molecule has 1 atom stereocenters. The molecule has 0 bridgehead atoms. The molecule has 100 valence electrons. The zero-order valence-electron chi connectivity index (χ0n) is 10.7. The first kappa shape index (κ1) is 13.6. The Kier molecular flexibility index (Phi) is 6.06. The van der Waals surface area contributed by atoms with Crippen LogP contribution in [0.5, 0.6) is 0 Å². The predicted octanol–water partition coefficient (Wildman–Crippen LogP) is 1.80. The third-order valence-corrected chi connectivity index (χ3v) is 4.08. The van der Waals surface area contributed by atoms with Gasteiger partial charge in [0.1, 0.15) is 0 Å². The van der Waals surface area contributed by atoms with Crippen LogP contribution in [0.4, 0.5) is 0 Å². The Labute approximate surface area is 110 Å². The molecule has 17 heavy (non-hydrogen) atoms. The Morgan fingerprint density at radius 2 is 1.88 bits per heavy atom. The molecule has 0 aromatic rings. The van der Waals surface area contributed by atoms with Crippen LogP contribution >= 0.6 is 11.6 Å². The smallest absolute Gasteiger partial charge is 0.0602 e. The normalized spacial score (nSPS) is 27.7. The number of hydrogen-bond acceptors (Lipinski definition) is 3. The van der Waals surface area contributed by atoms with Crippen LogP contribution in [-0.2, 0) is 4.74 Å². The molecule has 0 aromatic carbocycles. The van der Waals surface area contributed by atoms with Crippen LogP contribution in [0.1, 0.15) is 25.7 Å². The van der Waals surface area contributed by atoms with Crippen molar-refractivity contribution in [1.82, 2.24) is 9.80 Å². The molecule has 2 fully saturated rings. The van der Waals surface area contributed by atoms with Crippen LogP contribution in [0.3, 0.4) is 0 Å². The van der Waals surface area contributed by atoms with Gasteiger partial charge in [-0.15, -0.1) is 11.6 Å². The van der Waals surface area contributed by atoms with E-state index in [2.05, 4.69) is 9.80 Å². The Morgan fingerprint density at radius 1 is 1.06 bits per heavy atom. The lowest BCUT2D eigenvalue weighted by molar-refractivity contribution is 0.115. The van der Waals surface area contributed by atoms with Gasteiger partial charge in [-0.1, -0.05) is 6.42 Å². The SMILES string of the molecule is ClCCOCCN1CCC(N2CCCCC2)C1. The number of piperidine rings is 1. The van der Waals surface area contributed by atoms with Crippen molar-refractivity contribution < 1.29 is 4.74 Å². The molecular weight excluding hydrogens is 236 g/mol. The molecule has 0 amide bonds. The first-order valence-electron chi connectivity index (χ1n) is 7.00. The van der Waals surface area contributed by atoms with Crippen LogP contribution in [0.15, 0.2) is 0 Å². The van der Waals surface area contributed by atoms with E-state index in [-0.39, 0.29) is 0 Å². The average Bonchev–Trinajstić information content (AvgIpc) is 2.85. The summed E-state index contributed by atoms with van der Waals surface area (Å²) in [5.74, 6) is 0.608. The van der Waals surface area contributed by atoms with Crippen molar-refractivity contribution in [1.29, 1.82) is 0 Å². The van der Waals surface area contributed by atoms with Gasteiger partial charge in [-0.2, -0.15) is 0 Å². The number of ether oxygens (including phenoxy) is 1. The zero-order chi connectivity index (χ0) is 11.9. The largest absolute Gasteiger partial charge is 0.379 e. The molecular formula is C13H25ClN2O. The van der Waals surface area contributed by atoms with Gasteiger partial charge in [-0.05, 0) is 38.9 Å². The van der Waals surface area contributed by atoms with Gasteiger partial charge in [0.25, 0.3) is 0 Å². The number of halogens is 1. The molecule has 2 aliphatic heterocycles. The van der Waals surface area contributed by atoms with Crippen molar-refractivity contribution in [2.75, 3.05) is 51.8 Å². The second-order valence-electron chi connectivity index (χ2n) is 5.14. The van der Waals surface area contributed by atoms with Crippen LogP contribution in [-0.4, -0.2) is 67.7 Å². The van der Waals surface area contributed by atoms with Crippen molar-refractivity contribution in [2.24, 2.45) is 0 Å². The lowest BCUT2D eigenvalue weighted by Crippen LogP contribution is -2.41. The molecule has 2 saturated heterocycles. The van der Waals surface area contributed by atoms with Crippen LogP contribution in [0.25, 0.3) is 0 Å². The Balaban J connectivity index is 1.61.